The van der Waals surface area contributed by atoms with Crippen LogP contribution in [0.4, 0.5) is 5.69 Å². The van der Waals surface area contributed by atoms with Crippen molar-refractivity contribution in [1.82, 2.24) is 5.32 Å². The number of amides is 1. The van der Waals surface area contributed by atoms with Crippen LogP contribution in [0.5, 0.6) is 0 Å². The van der Waals surface area contributed by atoms with Gasteiger partial charge in [0.2, 0.25) is 5.76 Å². The number of esters is 1. The number of carbonyl (C=O) groups is 2. The summed E-state index contributed by atoms with van der Waals surface area (Å²) in [6.07, 6.45) is 0. The van der Waals surface area contributed by atoms with Crippen molar-refractivity contribution in [3.63, 3.8) is 0 Å². The van der Waals surface area contributed by atoms with Gasteiger partial charge in [-0.05, 0) is 35.7 Å². The van der Waals surface area contributed by atoms with Crippen LogP contribution in [0.25, 0.3) is 11.3 Å². The third kappa shape index (κ3) is 5.32. The van der Waals surface area contributed by atoms with Crippen LogP contribution in [-0.2, 0) is 9.53 Å². The van der Waals surface area contributed by atoms with Crippen LogP contribution >= 0.6 is 0 Å². The number of carbonyl (C=O) groups excluding carboxylic acids is 2. The average molecular weight is 408 g/mol. The van der Waals surface area contributed by atoms with Crippen LogP contribution in [0.1, 0.15) is 29.0 Å². The van der Waals surface area contributed by atoms with E-state index in [9.17, 15) is 19.7 Å². The molecular formula is C22H20N2O6. The standard InChI is InChI=1S/C22H20N2O6/c1-15(16-5-3-2-4-6-16)13-23-21(25)14-29-22(26)20-12-11-19(30-20)17-7-9-18(10-8-17)24(27)28/h2-12,15H,13-14H2,1H3,(H,23,25). The summed E-state index contributed by atoms with van der Waals surface area (Å²) in [4.78, 5) is 34.3. The van der Waals surface area contributed by atoms with Gasteiger partial charge in [0.15, 0.2) is 6.61 Å². The summed E-state index contributed by atoms with van der Waals surface area (Å²) in [6, 6.07) is 18.5. The molecule has 0 aliphatic rings. The smallest absolute Gasteiger partial charge is 0.374 e. The van der Waals surface area contributed by atoms with Crippen LogP contribution in [0.15, 0.2) is 71.1 Å². The summed E-state index contributed by atoms with van der Waals surface area (Å²) in [7, 11) is 0. The first-order valence-corrected chi connectivity index (χ1v) is 9.27. The van der Waals surface area contributed by atoms with Crippen molar-refractivity contribution >= 4 is 17.6 Å². The number of ether oxygens (including phenoxy) is 1. The first-order valence-electron chi connectivity index (χ1n) is 9.27. The maximum atomic E-state index is 12.1. The number of nitrogens with zero attached hydrogens (tertiary/aromatic N) is 1. The highest BCUT2D eigenvalue weighted by atomic mass is 16.6. The van der Waals surface area contributed by atoms with E-state index in [1.807, 2.05) is 37.3 Å². The highest BCUT2D eigenvalue weighted by Gasteiger charge is 2.16. The lowest BCUT2D eigenvalue weighted by Gasteiger charge is -2.13. The monoisotopic (exact) mass is 408 g/mol. The molecule has 8 heteroatoms. The molecule has 0 bridgehead atoms. The van der Waals surface area contributed by atoms with Crippen molar-refractivity contribution in [3.05, 3.63) is 88.2 Å². The molecule has 0 saturated heterocycles. The Hall–Kier alpha value is -3.94. The summed E-state index contributed by atoms with van der Waals surface area (Å²) in [5.74, 6) is -0.755. The van der Waals surface area contributed by atoms with E-state index < -0.39 is 23.4 Å². The number of furan rings is 1. The minimum atomic E-state index is -0.769. The van der Waals surface area contributed by atoms with Gasteiger partial charge in [0.25, 0.3) is 11.6 Å². The molecule has 0 radical (unpaired) electrons. The Morgan fingerprint density at radius 3 is 2.43 bits per heavy atom. The number of non-ortho nitro benzene ring substituents is 1. The third-order valence-electron chi connectivity index (χ3n) is 4.48. The normalized spacial score (nSPS) is 11.5. The topological polar surface area (TPSA) is 112 Å². The van der Waals surface area contributed by atoms with E-state index in [2.05, 4.69) is 5.32 Å². The lowest BCUT2D eigenvalue weighted by molar-refractivity contribution is -0.384. The van der Waals surface area contributed by atoms with Crippen LogP contribution in [0.3, 0.4) is 0 Å². The number of hydrogen-bond donors (Lipinski definition) is 1. The second-order valence-corrected chi connectivity index (χ2v) is 6.66. The first-order chi connectivity index (χ1) is 14.4. The molecule has 154 valence electrons. The van der Waals surface area contributed by atoms with E-state index in [0.717, 1.165) is 5.56 Å². The Labute approximate surface area is 172 Å². The van der Waals surface area contributed by atoms with Crippen molar-refractivity contribution in [2.24, 2.45) is 0 Å². The van der Waals surface area contributed by atoms with E-state index in [1.165, 1.54) is 30.3 Å². The Kier molecular flexibility index (Phi) is 6.59. The molecule has 2 aromatic carbocycles. The minimum absolute atomic E-state index is 0.0439. The third-order valence-corrected chi connectivity index (χ3v) is 4.48. The fourth-order valence-corrected chi connectivity index (χ4v) is 2.77. The number of rotatable bonds is 8. The molecule has 1 aromatic heterocycles. The molecule has 1 amide bonds. The summed E-state index contributed by atoms with van der Waals surface area (Å²) in [5, 5.41) is 13.4. The fourth-order valence-electron chi connectivity index (χ4n) is 2.77. The van der Waals surface area contributed by atoms with Gasteiger partial charge >= 0.3 is 5.97 Å². The second-order valence-electron chi connectivity index (χ2n) is 6.66. The Balaban J connectivity index is 1.49. The molecule has 1 unspecified atom stereocenters. The van der Waals surface area contributed by atoms with E-state index in [-0.39, 0.29) is 17.4 Å². The van der Waals surface area contributed by atoms with Gasteiger partial charge in [-0.25, -0.2) is 4.79 Å². The zero-order valence-electron chi connectivity index (χ0n) is 16.2. The molecule has 8 nitrogen and oxygen atoms in total. The minimum Gasteiger partial charge on any atom is -0.450 e. The van der Waals surface area contributed by atoms with Gasteiger partial charge in [0.1, 0.15) is 5.76 Å². The average Bonchev–Trinajstić information content (AvgIpc) is 3.27. The number of hydrogen-bond acceptors (Lipinski definition) is 6. The molecule has 0 spiro atoms. The summed E-state index contributed by atoms with van der Waals surface area (Å²) < 4.78 is 10.4. The van der Waals surface area contributed by atoms with Crippen LogP contribution < -0.4 is 5.32 Å². The highest BCUT2D eigenvalue weighted by Crippen LogP contribution is 2.24. The SMILES string of the molecule is CC(CNC(=O)COC(=O)c1ccc(-c2ccc([N+](=O)[O-])cc2)o1)c1ccccc1. The maximum absolute atomic E-state index is 12.1. The largest absolute Gasteiger partial charge is 0.450 e. The van der Waals surface area contributed by atoms with Crippen molar-refractivity contribution < 1.29 is 23.7 Å². The van der Waals surface area contributed by atoms with Gasteiger partial charge in [-0.1, -0.05) is 37.3 Å². The second kappa shape index (κ2) is 9.51. The highest BCUT2D eigenvalue weighted by molar-refractivity contribution is 5.89. The van der Waals surface area contributed by atoms with E-state index in [4.69, 9.17) is 9.15 Å². The van der Waals surface area contributed by atoms with Crippen LogP contribution in [0.2, 0.25) is 0 Å². The Morgan fingerprint density at radius 2 is 1.77 bits per heavy atom. The first kappa shape index (κ1) is 20.8. The predicted octanol–water partition coefficient (Wildman–Crippen LogP) is 3.93. The maximum Gasteiger partial charge on any atom is 0.374 e. The van der Waals surface area contributed by atoms with E-state index in [0.29, 0.717) is 17.9 Å². The Morgan fingerprint density at radius 1 is 1.07 bits per heavy atom. The number of nitrogens with one attached hydrogen (secondary N) is 1. The number of nitro benzene ring substituents is 1. The molecule has 0 aliphatic carbocycles. The quantitative estimate of drug-likeness (QED) is 0.343. The van der Waals surface area contributed by atoms with Gasteiger partial charge in [-0.2, -0.15) is 0 Å². The van der Waals surface area contributed by atoms with Gasteiger partial charge in [0.05, 0.1) is 4.92 Å². The van der Waals surface area contributed by atoms with Gasteiger partial charge in [-0.3, -0.25) is 14.9 Å². The molecule has 0 saturated carbocycles. The summed E-state index contributed by atoms with van der Waals surface area (Å²) in [6.45, 7) is 1.99. The van der Waals surface area contributed by atoms with Crippen molar-refractivity contribution in [2.45, 2.75) is 12.8 Å². The number of benzene rings is 2. The molecular weight excluding hydrogens is 388 g/mol. The van der Waals surface area contributed by atoms with E-state index >= 15 is 0 Å². The van der Waals surface area contributed by atoms with Gasteiger partial charge in [-0.15, -0.1) is 0 Å². The zero-order valence-corrected chi connectivity index (χ0v) is 16.2. The van der Waals surface area contributed by atoms with Crippen LogP contribution in [0, 0.1) is 10.1 Å². The van der Waals surface area contributed by atoms with Crippen molar-refractivity contribution in [3.8, 4) is 11.3 Å². The van der Waals surface area contributed by atoms with Gasteiger partial charge < -0.3 is 14.5 Å². The Bertz CT molecular complexity index is 1030. The molecule has 1 atom stereocenters. The van der Waals surface area contributed by atoms with Crippen molar-refractivity contribution in [2.75, 3.05) is 13.2 Å². The van der Waals surface area contributed by atoms with Crippen LogP contribution in [-0.4, -0.2) is 30.0 Å². The molecule has 1 N–H and O–H groups in total. The van der Waals surface area contributed by atoms with E-state index in [1.54, 1.807) is 6.07 Å². The van der Waals surface area contributed by atoms with Gasteiger partial charge in [0, 0.05) is 24.2 Å². The molecule has 1 heterocycles. The molecule has 3 rings (SSSR count). The van der Waals surface area contributed by atoms with Crippen molar-refractivity contribution in [1.29, 1.82) is 0 Å². The molecule has 0 aliphatic heterocycles. The zero-order chi connectivity index (χ0) is 21.5. The lowest BCUT2D eigenvalue weighted by atomic mass is 10.0. The number of nitro groups is 1. The summed E-state index contributed by atoms with van der Waals surface area (Å²) in [5.41, 5.74) is 1.63. The predicted molar refractivity (Wildman–Crippen MR) is 109 cm³/mol. The molecule has 3 aromatic rings. The fraction of sp³-hybridized carbons (Fsp3) is 0.182. The molecule has 30 heavy (non-hydrogen) atoms. The molecule has 0 fully saturated rings. The lowest BCUT2D eigenvalue weighted by Crippen LogP contribution is -2.31. The summed E-state index contributed by atoms with van der Waals surface area (Å²) >= 11 is 0.